The molecule has 0 saturated heterocycles. The minimum Gasteiger partial charge on any atom is -0.305 e. The number of benzene rings is 2. The van der Waals surface area contributed by atoms with Crippen molar-refractivity contribution in [3.63, 3.8) is 0 Å². The van der Waals surface area contributed by atoms with E-state index in [-0.39, 0.29) is 11.8 Å². The predicted octanol–water partition coefficient (Wildman–Crippen LogP) is 2.39. The molecule has 0 aromatic heterocycles. The van der Waals surface area contributed by atoms with Gasteiger partial charge in [0.15, 0.2) is 0 Å². The van der Waals surface area contributed by atoms with E-state index in [0.29, 0.717) is 24.2 Å². The van der Waals surface area contributed by atoms with Gasteiger partial charge in [0.2, 0.25) is 0 Å². The van der Waals surface area contributed by atoms with Crippen molar-refractivity contribution in [3.8, 4) is 0 Å². The van der Waals surface area contributed by atoms with E-state index >= 15 is 0 Å². The molecule has 0 radical (unpaired) electrons. The van der Waals surface area contributed by atoms with E-state index in [4.69, 9.17) is 0 Å². The lowest BCUT2D eigenvalue weighted by atomic mass is 9.94. The van der Waals surface area contributed by atoms with Crippen LogP contribution in [-0.4, -0.2) is 48.3 Å². The lowest BCUT2D eigenvalue weighted by Crippen LogP contribution is -2.44. The Morgan fingerprint density at radius 2 is 1.57 bits per heavy atom. The molecule has 0 saturated carbocycles. The summed E-state index contributed by atoms with van der Waals surface area (Å²) in [5.41, 5.74) is 1.25. The first kappa shape index (κ1) is 13.8. The van der Waals surface area contributed by atoms with Gasteiger partial charge in [0.05, 0.1) is 0 Å². The van der Waals surface area contributed by atoms with E-state index in [1.165, 1.54) is 4.90 Å². The summed E-state index contributed by atoms with van der Waals surface area (Å²) < 4.78 is 0. The van der Waals surface area contributed by atoms with Crippen LogP contribution in [0, 0.1) is 0 Å². The standard InChI is InChI=1S/C17H18N2O2/c1-3-18(2)10-11-19-16(20)13-8-4-6-12-7-5-9-14(15(12)13)17(19)21/h4-9H,3,10-11H2,1-2H3. The highest BCUT2D eigenvalue weighted by Gasteiger charge is 2.32. The highest BCUT2D eigenvalue weighted by molar-refractivity contribution is 6.25. The van der Waals surface area contributed by atoms with Crippen LogP contribution in [0.25, 0.3) is 10.8 Å². The number of rotatable bonds is 4. The molecule has 2 aromatic carbocycles. The highest BCUT2D eigenvalue weighted by atomic mass is 16.2. The van der Waals surface area contributed by atoms with Crippen LogP contribution in [0.1, 0.15) is 27.6 Å². The zero-order chi connectivity index (χ0) is 15.0. The number of amides is 2. The predicted molar refractivity (Wildman–Crippen MR) is 82.5 cm³/mol. The van der Waals surface area contributed by atoms with Gasteiger partial charge >= 0.3 is 0 Å². The molecule has 3 rings (SSSR count). The van der Waals surface area contributed by atoms with Crippen LogP contribution < -0.4 is 0 Å². The largest absolute Gasteiger partial charge is 0.305 e. The first-order chi connectivity index (χ1) is 10.1. The van der Waals surface area contributed by atoms with Crippen LogP contribution in [0.2, 0.25) is 0 Å². The first-order valence-electron chi connectivity index (χ1n) is 7.20. The maximum Gasteiger partial charge on any atom is 0.261 e. The molecular formula is C17H18N2O2. The third-order valence-electron chi connectivity index (χ3n) is 4.10. The van der Waals surface area contributed by atoms with E-state index in [9.17, 15) is 9.59 Å². The van der Waals surface area contributed by atoms with Crippen LogP contribution >= 0.6 is 0 Å². The molecule has 21 heavy (non-hydrogen) atoms. The second-order valence-corrected chi connectivity index (χ2v) is 5.37. The van der Waals surface area contributed by atoms with E-state index in [1.807, 2.05) is 31.3 Å². The molecule has 1 aliphatic rings. The lowest BCUT2D eigenvalue weighted by Gasteiger charge is -2.28. The Balaban J connectivity index is 2.03. The summed E-state index contributed by atoms with van der Waals surface area (Å²) in [7, 11) is 1.98. The molecule has 1 aliphatic heterocycles. The molecule has 108 valence electrons. The summed E-state index contributed by atoms with van der Waals surface area (Å²) in [5.74, 6) is -0.373. The van der Waals surface area contributed by atoms with Gasteiger partial charge in [-0.05, 0) is 31.1 Å². The Hall–Kier alpha value is -2.20. The summed E-state index contributed by atoms with van der Waals surface area (Å²) >= 11 is 0. The second kappa shape index (κ2) is 5.30. The monoisotopic (exact) mass is 282 g/mol. The highest BCUT2D eigenvalue weighted by Crippen LogP contribution is 2.29. The van der Waals surface area contributed by atoms with Crippen molar-refractivity contribution < 1.29 is 9.59 Å². The molecule has 4 heteroatoms. The zero-order valence-electron chi connectivity index (χ0n) is 12.3. The number of likely N-dealkylation sites (N-methyl/N-ethyl adjacent to an activating group) is 1. The molecule has 2 aromatic rings. The number of carbonyl (C=O) groups excluding carboxylic acids is 2. The third-order valence-corrected chi connectivity index (χ3v) is 4.10. The van der Waals surface area contributed by atoms with Gasteiger partial charge in [-0.3, -0.25) is 14.5 Å². The number of carbonyl (C=O) groups is 2. The molecule has 0 N–H and O–H groups in total. The lowest BCUT2D eigenvalue weighted by molar-refractivity contribution is 0.0598. The number of imide groups is 1. The molecule has 0 bridgehead atoms. The third kappa shape index (κ3) is 2.21. The Kier molecular flexibility index (Phi) is 3.47. The quantitative estimate of drug-likeness (QED) is 0.808. The van der Waals surface area contributed by atoms with E-state index in [2.05, 4.69) is 11.8 Å². The van der Waals surface area contributed by atoms with Gasteiger partial charge in [-0.1, -0.05) is 31.2 Å². The summed E-state index contributed by atoms with van der Waals surface area (Å²) in [4.78, 5) is 28.7. The minimum absolute atomic E-state index is 0.186. The molecule has 0 spiro atoms. The summed E-state index contributed by atoms with van der Waals surface area (Å²) in [5, 5.41) is 1.73. The van der Waals surface area contributed by atoms with Gasteiger partial charge < -0.3 is 4.90 Å². The SMILES string of the molecule is CCN(C)CCN1C(=O)c2cccc3cccc(c23)C1=O. The number of hydrogen-bond acceptors (Lipinski definition) is 3. The van der Waals surface area contributed by atoms with Crippen molar-refractivity contribution in [1.29, 1.82) is 0 Å². The molecule has 0 fully saturated rings. The molecule has 2 amide bonds. The maximum atomic E-state index is 12.6. The molecule has 1 heterocycles. The Labute approximate surface area is 124 Å². The Morgan fingerprint density at radius 3 is 2.10 bits per heavy atom. The van der Waals surface area contributed by atoms with Gasteiger partial charge in [-0.2, -0.15) is 0 Å². The van der Waals surface area contributed by atoms with E-state index < -0.39 is 0 Å². The van der Waals surface area contributed by atoms with Crippen LogP contribution in [0.15, 0.2) is 36.4 Å². The molecule has 0 unspecified atom stereocenters. The van der Waals surface area contributed by atoms with Crippen molar-refractivity contribution in [2.45, 2.75) is 6.92 Å². The Morgan fingerprint density at radius 1 is 1.00 bits per heavy atom. The van der Waals surface area contributed by atoms with Gasteiger partial charge in [0.1, 0.15) is 0 Å². The van der Waals surface area contributed by atoms with Crippen LogP contribution in [0.3, 0.4) is 0 Å². The van der Waals surface area contributed by atoms with Crippen molar-refractivity contribution >= 4 is 22.6 Å². The minimum atomic E-state index is -0.186. The van der Waals surface area contributed by atoms with E-state index in [1.54, 1.807) is 12.1 Å². The normalized spacial score (nSPS) is 14.3. The van der Waals surface area contributed by atoms with Gasteiger partial charge in [0.25, 0.3) is 11.8 Å². The fourth-order valence-corrected chi connectivity index (χ4v) is 2.71. The smallest absolute Gasteiger partial charge is 0.261 e. The molecular weight excluding hydrogens is 264 g/mol. The topological polar surface area (TPSA) is 40.6 Å². The average molecular weight is 282 g/mol. The van der Waals surface area contributed by atoms with Crippen LogP contribution in [-0.2, 0) is 0 Å². The number of hydrogen-bond donors (Lipinski definition) is 0. The molecule has 4 nitrogen and oxygen atoms in total. The fourth-order valence-electron chi connectivity index (χ4n) is 2.71. The maximum absolute atomic E-state index is 12.6. The Bertz CT molecular complexity index is 673. The van der Waals surface area contributed by atoms with Crippen LogP contribution in [0.5, 0.6) is 0 Å². The van der Waals surface area contributed by atoms with Gasteiger partial charge in [-0.15, -0.1) is 0 Å². The van der Waals surface area contributed by atoms with Gasteiger partial charge in [0, 0.05) is 29.6 Å². The van der Waals surface area contributed by atoms with Crippen molar-refractivity contribution in [2.24, 2.45) is 0 Å². The van der Waals surface area contributed by atoms with Crippen molar-refractivity contribution in [2.75, 3.05) is 26.7 Å². The fraction of sp³-hybridized carbons (Fsp3) is 0.294. The van der Waals surface area contributed by atoms with Crippen molar-refractivity contribution in [3.05, 3.63) is 47.5 Å². The summed E-state index contributed by atoms with van der Waals surface area (Å²) in [6.45, 7) is 4.05. The van der Waals surface area contributed by atoms with Crippen molar-refractivity contribution in [1.82, 2.24) is 9.80 Å². The number of nitrogens with zero attached hydrogens (tertiary/aromatic N) is 2. The molecule has 0 aliphatic carbocycles. The zero-order valence-corrected chi connectivity index (χ0v) is 12.3. The van der Waals surface area contributed by atoms with E-state index in [0.717, 1.165) is 17.3 Å². The molecule has 0 atom stereocenters. The van der Waals surface area contributed by atoms with Crippen LogP contribution in [0.4, 0.5) is 0 Å². The second-order valence-electron chi connectivity index (χ2n) is 5.37. The average Bonchev–Trinajstić information content (AvgIpc) is 2.52. The summed E-state index contributed by atoms with van der Waals surface area (Å²) in [6.07, 6.45) is 0. The first-order valence-corrected chi connectivity index (χ1v) is 7.20. The van der Waals surface area contributed by atoms with Gasteiger partial charge in [-0.25, -0.2) is 0 Å². The summed E-state index contributed by atoms with van der Waals surface area (Å²) in [6, 6.07) is 11.2.